The van der Waals surface area contributed by atoms with Crippen LogP contribution in [0.2, 0.25) is 10.0 Å². The van der Waals surface area contributed by atoms with E-state index in [-0.39, 0.29) is 5.91 Å². The molecular formula is C13H11Cl2NO2S2. The van der Waals surface area contributed by atoms with E-state index in [9.17, 15) is 4.79 Å². The minimum absolute atomic E-state index is 0.210. The topological polar surface area (TPSA) is 38.3 Å². The predicted octanol–water partition coefficient (Wildman–Crippen LogP) is 4.27. The molecule has 106 valence electrons. The number of amides is 1. The highest BCUT2D eigenvalue weighted by Crippen LogP contribution is 2.36. The number of carbonyl (C=O) groups is 1. The third-order valence-electron chi connectivity index (χ3n) is 2.41. The molecule has 7 heteroatoms. The summed E-state index contributed by atoms with van der Waals surface area (Å²) in [5, 5.41) is 3.39. The number of carbonyl (C=O) groups excluding carboxylic acids is 1. The van der Waals surface area contributed by atoms with E-state index < -0.39 is 0 Å². The zero-order valence-electron chi connectivity index (χ0n) is 10.5. The van der Waals surface area contributed by atoms with E-state index in [2.05, 4.69) is 5.32 Å². The van der Waals surface area contributed by atoms with Gasteiger partial charge < -0.3 is 10.1 Å². The molecule has 0 aromatic heterocycles. The Balaban J connectivity index is 2.29. The van der Waals surface area contributed by atoms with Crippen molar-refractivity contribution in [3.8, 4) is 5.75 Å². The van der Waals surface area contributed by atoms with Gasteiger partial charge in [0.1, 0.15) is 4.32 Å². The molecule has 0 saturated carbocycles. The van der Waals surface area contributed by atoms with E-state index in [4.69, 9.17) is 40.2 Å². The number of halogens is 2. The molecule has 2 rings (SSSR count). The van der Waals surface area contributed by atoms with Crippen molar-refractivity contribution < 1.29 is 9.53 Å². The molecule has 20 heavy (non-hydrogen) atoms. The largest absolute Gasteiger partial charge is 0.490 e. The third-order valence-corrected chi connectivity index (χ3v) is 4.14. The Morgan fingerprint density at radius 1 is 1.40 bits per heavy atom. The second-order valence-corrected chi connectivity index (χ2v) is 6.55. The van der Waals surface area contributed by atoms with Crippen molar-refractivity contribution in [3.05, 3.63) is 32.6 Å². The number of rotatable bonds is 4. The monoisotopic (exact) mass is 347 g/mol. The minimum Gasteiger partial charge on any atom is -0.490 e. The van der Waals surface area contributed by atoms with Crippen LogP contribution in [0.25, 0.3) is 6.08 Å². The quantitative estimate of drug-likeness (QED) is 0.651. The summed E-state index contributed by atoms with van der Waals surface area (Å²) in [5.41, 5.74) is 0.728. The van der Waals surface area contributed by atoms with Gasteiger partial charge in [-0.3, -0.25) is 4.79 Å². The molecule has 1 fully saturated rings. The van der Waals surface area contributed by atoms with E-state index in [1.54, 1.807) is 18.2 Å². The van der Waals surface area contributed by atoms with Crippen molar-refractivity contribution in [2.24, 2.45) is 0 Å². The van der Waals surface area contributed by atoms with Gasteiger partial charge in [0, 0.05) is 0 Å². The van der Waals surface area contributed by atoms with Crippen molar-refractivity contribution in [1.29, 1.82) is 0 Å². The van der Waals surface area contributed by atoms with Gasteiger partial charge in [0.2, 0.25) is 0 Å². The van der Waals surface area contributed by atoms with Gasteiger partial charge in [0.15, 0.2) is 5.75 Å². The zero-order chi connectivity index (χ0) is 14.7. The average Bonchev–Trinajstić information content (AvgIpc) is 2.67. The van der Waals surface area contributed by atoms with Crippen LogP contribution in [-0.4, -0.2) is 16.8 Å². The lowest BCUT2D eigenvalue weighted by Crippen LogP contribution is -2.17. The van der Waals surface area contributed by atoms with Crippen LogP contribution in [0.3, 0.4) is 0 Å². The molecule has 0 radical (unpaired) electrons. The van der Waals surface area contributed by atoms with Crippen LogP contribution in [0.1, 0.15) is 18.9 Å². The summed E-state index contributed by atoms with van der Waals surface area (Å²) in [6.07, 6.45) is 2.56. The molecule has 1 aromatic rings. The number of thioether (sulfide) groups is 1. The van der Waals surface area contributed by atoms with Gasteiger partial charge in [-0.15, -0.1) is 0 Å². The predicted molar refractivity (Wildman–Crippen MR) is 88.6 cm³/mol. The number of ether oxygens (including phenoxy) is 1. The first-order valence-corrected chi connectivity index (χ1v) is 7.86. The fraction of sp³-hybridized carbons (Fsp3) is 0.231. The Bertz CT molecular complexity index is 579. The SMILES string of the molecule is CCCOc1c(Cl)cc(/C=C2\SC(=S)NC2=O)cc1Cl. The van der Waals surface area contributed by atoms with Crippen molar-refractivity contribution in [2.45, 2.75) is 13.3 Å². The molecule has 3 nitrogen and oxygen atoms in total. The van der Waals surface area contributed by atoms with E-state index in [0.29, 0.717) is 31.6 Å². The summed E-state index contributed by atoms with van der Waals surface area (Å²) in [6, 6.07) is 3.42. The molecule has 0 unspecified atom stereocenters. The molecule has 1 heterocycles. The second kappa shape index (κ2) is 6.80. The van der Waals surface area contributed by atoms with Crippen LogP contribution < -0.4 is 10.1 Å². The molecule has 1 aromatic carbocycles. The lowest BCUT2D eigenvalue weighted by molar-refractivity contribution is -0.115. The molecule has 1 N–H and O–H groups in total. The number of hydrogen-bond acceptors (Lipinski definition) is 4. The number of benzene rings is 1. The van der Waals surface area contributed by atoms with Crippen molar-refractivity contribution in [1.82, 2.24) is 5.32 Å². The van der Waals surface area contributed by atoms with Gasteiger partial charge in [-0.25, -0.2) is 0 Å². The molecular weight excluding hydrogens is 337 g/mol. The maximum Gasteiger partial charge on any atom is 0.263 e. The molecule has 0 aliphatic carbocycles. The lowest BCUT2D eigenvalue weighted by atomic mass is 10.2. The van der Waals surface area contributed by atoms with Gasteiger partial charge in [0.05, 0.1) is 21.6 Å². The Labute approximate surface area is 136 Å². The normalized spacial score (nSPS) is 16.6. The van der Waals surface area contributed by atoms with E-state index in [0.717, 1.165) is 12.0 Å². The van der Waals surface area contributed by atoms with Crippen LogP contribution in [0, 0.1) is 0 Å². The van der Waals surface area contributed by atoms with Crippen LogP contribution in [0.4, 0.5) is 0 Å². The highest BCUT2D eigenvalue weighted by Gasteiger charge is 2.22. The highest BCUT2D eigenvalue weighted by molar-refractivity contribution is 8.26. The third kappa shape index (κ3) is 3.67. The lowest BCUT2D eigenvalue weighted by Gasteiger charge is -2.10. The van der Waals surface area contributed by atoms with Crippen molar-refractivity contribution >= 4 is 63.5 Å². The molecule has 0 spiro atoms. The van der Waals surface area contributed by atoms with E-state index in [1.165, 1.54) is 11.8 Å². The molecule has 1 aliphatic heterocycles. The van der Waals surface area contributed by atoms with Crippen LogP contribution >= 0.6 is 47.2 Å². The number of nitrogens with one attached hydrogen (secondary N) is 1. The van der Waals surface area contributed by atoms with Gasteiger partial charge >= 0.3 is 0 Å². The highest BCUT2D eigenvalue weighted by atomic mass is 35.5. The Kier molecular flexibility index (Phi) is 5.32. The maximum absolute atomic E-state index is 11.6. The van der Waals surface area contributed by atoms with Crippen molar-refractivity contribution in [3.63, 3.8) is 0 Å². The van der Waals surface area contributed by atoms with Gasteiger partial charge in [0.25, 0.3) is 5.91 Å². The summed E-state index contributed by atoms with van der Waals surface area (Å²) in [6.45, 7) is 2.55. The molecule has 1 saturated heterocycles. The molecule has 0 atom stereocenters. The summed E-state index contributed by atoms with van der Waals surface area (Å²) >= 11 is 18.4. The average molecular weight is 348 g/mol. The maximum atomic E-state index is 11.6. The fourth-order valence-corrected chi connectivity index (χ4v) is 3.23. The Morgan fingerprint density at radius 3 is 2.55 bits per heavy atom. The first-order valence-electron chi connectivity index (χ1n) is 5.88. The zero-order valence-corrected chi connectivity index (χ0v) is 13.7. The first kappa shape index (κ1) is 15.6. The van der Waals surface area contributed by atoms with Gasteiger partial charge in [-0.05, 0) is 30.2 Å². The Hall–Kier alpha value is -0.750. The van der Waals surface area contributed by atoms with Crippen LogP contribution in [0.5, 0.6) is 5.75 Å². The number of hydrogen-bond donors (Lipinski definition) is 1. The van der Waals surface area contributed by atoms with E-state index >= 15 is 0 Å². The Morgan fingerprint density at radius 2 is 2.05 bits per heavy atom. The van der Waals surface area contributed by atoms with Crippen LogP contribution in [-0.2, 0) is 4.79 Å². The minimum atomic E-state index is -0.210. The second-order valence-electron chi connectivity index (χ2n) is 4.01. The summed E-state index contributed by atoms with van der Waals surface area (Å²) in [5.74, 6) is 0.259. The van der Waals surface area contributed by atoms with Crippen molar-refractivity contribution in [2.75, 3.05) is 6.61 Å². The summed E-state index contributed by atoms with van der Waals surface area (Å²) in [4.78, 5) is 12.1. The molecule has 1 amide bonds. The van der Waals surface area contributed by atoms with E-state index in [1.807, 2.05) is 6.92 Å². The van der Waals surface area contributed by atoms with Gasteiger partial charge in [-0.1, -0.05) is 54.1 Å². The van der Waals surface area contributed by atoms with Gasteiger partial charge in [-0.2, -0.15) is 0 Å². The standard InChI is InChI=1S/C13H11Cl2NO2S2/c1-2-3-18-11-8(14)4-7(5-9(11)15)6-10-12(17)16-13(19)20-10/h4-6H,2-3H2,1H3,(H,16,17,19)/b10-6-. The number of thiocarbonyl (C=S) groups is 1. The first-order chi connectivity index (χ1) is 9.51. The summed E-state index contributed by atoms with van der Waals surface area (Å²) < 4.78 is 5.94. The molecule has 0 bridgehead atoms. The van der Waals surface area contributed by atoms with Crippen LogP contribution in [0.15, 0.2) is 17.0 Å². The molecule has 1 aliphatic rings. The smallest absolute Gasteiger partial charge is 0.263 e. The summed E-state index contributed by atoms with van der Waals surface area (Å²) in [7, 11) is 0. The fourth-order valence-electron chi connectivity index (χ4n) is 1.58.